The van der Waals surface area contributed by atoms with Crippen LogP contribution in [0.25, 0.3) is 0 Å². The number of nitrogens with two attached hydrogens (primary N) is 1. The van der Waals surface area contributed by atoms with E-state index in [4.69, 9.17) is 10.5 Å². The van der Waals surface area contributed by atoms with E-state index < -0.39 is 6.10 Å². The van der Waals surface area contributed by atoms with E-state index >= 15 is 0 Å². The van der Waals surface area contributed by atoms with Crippen molar-refractivity contribution in [2.24, 2.45) is 11.1 Å². The maximum atomic E-state index is 10.6. The Morgan fingerprint density at radius 1 is 1.28 bits per heavy atom. The lowest BCUT2D eigenvalue weighted by molar-refractivity contribution is -0.0581. The highest BCUT2D eigenvalue weighted by Crippen LogP contribution is 2.41. The Balaban J connectivity index is 2.19. The summed E-state index contributed by atoms with van der Waals surface area (Å²) >= 11 is 0. The number of hydrogen-bond acceptors (Lipinski definition) is 3. The summed E-state index contributed by atoms with van der Waals surface area (Å²) in [6.45, 7) is 4.03. The van der Waals surface area contributed by atoms with Crippen molar-refractivity contribution < 1.29 is 9.84 Å². The molecule has 18 heavy (non-hydrogen) atoms. The van der Waals surface area contributed by atoms with E-state index in [1.807, 2.05) is 12.1 Å². The molecule has 0 amide bonds. The summed E-state index contributed by atoms with van der Waals surface area (Å²) in [7, 11) is 0. The van der Waals surface area contributed by atoms with Crippen LogP contribution >= 0.6 is 0 Å². The van der Waals surface area contributed by atoms with Gasteiger partial charge in [-0.05, 0) is 30.4 Å². The molecule has 1 fully saturated rings. The Labute approximate surface area is 109 Å². The van der Waals surface area contributed by atoms with Crippen LogP contribution in [0.15, 0.2) is 24.3 Å². The average Bonchev–Trinajstić information content (AvgIpc) is 2.47. The smallest absolute Gasteiger partial charge is 0.0860 e. The van der Waals surface area contributed by atoms with Gasteiger partial charge in [0, 0.05) is 25.2 Å². The normalized spacial score (nSPS) is 20.6. The Morgan fingerprint density at radius 2 is 1.89 bits per heavy atom. The van der Waals surface area contributed by atoms with Crippen molar-refractivity contribution in [3.63, 3.8) is 0 Å². The number of hydrogen-bond donors (Lipinski definition) is 2. The van der Waals surface area contributed by atoms with E-state index in [2.05, 4.69) is 19.1 Å². The Bertz CT molecular complexity index is 369. The van der Waals surface area contributed by atoms with Gasteiger partial charge in [0.15, 0.2) is 0 Å². The topological polar surface area (TPSA) is 55.5 Å². The van der Waals surface area contributed by atoms with Crippen LogP contribution < -0.4 is 5.73 Å². The van der Waals surface area contributed by atoms with E-state index in [1.54, 1.807) is 0 Å². The third-order valence-corrected chi connectivity index (χ3v) is 4.18. The van der Waals surface area contributed by atoms with Crippen LogP contribution in [0, 0.1) is 5.41 Å². The Hall–Kier alpha value is -0.900. The Morgan fingerprint density at radius 3 is 2.39 bits per heavy atom. The largest absolute Gasteiger partial charge is 0.388 e. The van der Waals surface area contributed by atoms with Crippen molar-refractivity contribution in [2.45, 2.75) is 32.3 Å². The second kappa shape index (κ2) is 5.83. The van der Waals surface area contributed by atoms with Crippen LogP contribution in [-0.2, 0) is 11.2 Å². The van der Waals surface area contributed by atoms with Gasteiger partial charge in [-0.3, -0.25) is 0 Å². The summed E-state index contributed by atoms with van der Waals surface area (Å²) < 4.78 is 5.38. The van der Waals surface area contributed by atoms with Crippen molar-refractivity contribution >= 4 is 0 Å². The SMILES string of the molecule is CCc1ccc(C(O)C2(CN)CCOCC2)cc1. The molecule has 3 nitrogen and oxygen atoms in total. The van der Waals surface area contributed by atoms with Crippen LogP contribution in [-0.4, -0.2) is 24.9 Å². The van der Waals surface area contributed by atoms with Gasteiger partial charge in [-0.25, -0.2) is 0 Å². The summed E-state index contributed by atoms with van der Waals surface area (Å²) in [6.07, 6.45) is 2.20. The van der Waals surface area contributed by atoms with E-state index in [1.165, 1.54) is 5.56 Å². The third-order valence-electron chi connectivity index (χ3n) is 4.18. The molecule has 0 aromatic heterocycles. The third kappa shape index (κ3) is 2.58. The van der Waals surface area contributed by atoms with Gasteiger partial charge in [0.1, 0.15) is 0 Å². The van der Waals surface area contributed by atoms with Crippen LogP contribution in [0.4, 0.5) is 0 Å². The van der Waals surface area contributed by atoms with Crippen LogP contribution in [0.3, 0.4) is 0 Å². The van der Waals surface area contributed by atoms with Gasteiger partial charge in [-0.2, -0.15) is 0 Å². The number of benzene rings is 1. The molecule has 3 heteroatoms. The minimum absolute atomic E-state index is 0.216. The van der Waals surface area contributed by atoms with Gasteiger partial charge < -0.3 is 15.6 Å². The van der Waals surface area contributed by atoms with Crippen LogP contribution in [0.5, 0.6) is 0 Å². The molecule has 0 saturated carbocycles. The molecule has 1 aromatic carbocycles. The number of aliphatic hydroxyl groups is 1. The molecule has 1 aliphatic heterocycles. The molecule has 100 valence electrons. The molecule has 1 unspecified atom stereocenters. The van der Waals surface area contributed by atoms with E-state index in [0.717, 1.165) is 24.8 Å². The molecule has 0 radical (unpaired) electrons. The Kier molecular flexibility index (Phi) is 4.38. The molecule has 1 atom stereocenters. The summed E-state index contributed by atoms with van der Waals surface area (Å²) in [5.41, 5.74) is 7.96. The maximum absolute atomic E-state index is 10.6. The number of aliphatic hydroxyl groups excluding tert-OH is 1. The fraction of sp³-hybridized carbons (Fsp3) is 0.600. The summed E-state index contributed by atoms with van der Waals surface area (Å²) in [5.74, 6) is 0. The van der Waals surface area contributed by atoms with Crippen molar-refractivity contribution in [1.29, 1.82) is 0 Å². The molecular formula is C15H23NO2. The first-order chi connectivity index (χ1) is 8.72. The standard InChI is InChI=1S/C15H23NO2/c1-2-12-3-5-13(6-4-12)14(17)15(11-16)7-9-18-10-8-15/h3-6,14,17H,2,7-11,16H2,1H3. The highest BCUT2D eigenvalue weighted by Gasteiger charge is 2.39. The zero-order valence-electron chi connectivity index (χ0n) is 11.1. The molecular weight excluding hydrogens is 226 g/mol. The second-order valence-electron chi connectivity index (χ2n) is 5.18. The van der Waals surface area contributed by atoms with E-state index in [9.17, 15) is 5.11 Å². The van der Waals surface area contributed by atoms with Crippen molar-refractivity contribution in [1.82, 2.24) is 0 Å². The summed E-state index contributed by atoms with van der Waals surface area (Å²) in [4.78, 5) is 0. The minimum atomic E-state index is -0.489. The minimum Gasteiger partial charge on any atom is -0.388 e. The molecule has 0 bridgehead atoms. The van der Waals surface area contributed by atoms with Gasteiger partial charge in [0.05, 0.1) is 6.10 Å². The van der Waals surface area contributed by atoms with Crippen LogP contribution in [0.1, 0.15) is 37.0 Å². The van der Waals surface area contributed by atoms with Gasteiger partial charge in [-0.1, -0.05) is 31.2 Å². The first-order valence-corrected chi connectivity index (χ1v) is 6.76. The van der Waals surface area contributed by atoms with Crippen LogP contribution in [0.2, 0.25) is 0 Å². The van der Waals surface area contributed by atoms with Crippen molar-refractivity contribution in [3.8, 4) is 0 Å². The predicted molar refractivity (Wildman–Crippen MR) is 72.3 cm³/mol. The van der Waals surface area contributed by atoms with Gasteiger partial charge in [0.25, 0.3) is 0 Å². The fourth-order valence-corrected chi connectivity index (χ4v) is 2.66. The quantitative estimate of drug-likeness (QED) is 0.858. The molecule has 1 heterocycles. The van der Waals surface area contributed by atoms with Crippen molar-refractivity contribution in [2.75, 3.05) is 19.8 Å². The lowest BCUT2D eigenvalue weighted by atomic mass is 9.73. The lowest BCUT2D eigenvalue weighted by Crippen LogP contribution is -2.41. The van der Waals surface area contributed by atoms with Gasteiger partial charge in [-0.15, -0.1) is 0 Å². The highest BCUT2D eigenvalue weighted by atomic mass is 16.5. The zero-order chi connectivity index (χ0) is 13.0. The maximum Gasteiger partial charge on any atom is 0.0860 e. The number of ether oxygens (including phenoxy) is 1. The molecule has 2 rings (SSSR count). The highest BCUT2D eigenvalue weighted by molar-refractivity contribution is 5.25. The molecule has 1 aromatic rings. The monoisotopic (exact) mass is 249 g/mol. The van der Waals surface area contributed by atoms with Gasteiger partial charge >= 0.3 is 0 Å². The molecule has 3 N–H and O–H groups in total. The molecule has 0 aliphatic carbocycles. The van der Waals surface area contributed by atoms with E-state index in [0.29, 0.717) is 19.8 Å². The molecule has 0 spiro atoms. The summed E-state index contributed by atoms with van der Waals surface area (Å²) in [5, 5.41) is 10.6. The summed E-state index contributed by atoms with van der Waals surface area (Å²) in [6, 6.07) is 8.22. The number of aryl methyl sites for hydroxylation is 1. The molecule has 1 saturated heterocycles. The zero-order valence-corrected chi connectivity index (χ0v) is 11.1. The second-order valence-corrected chi connectivity index (χ2v) is 5.18. The predicted octanol–water partition coefficient (Wildman–Crippen LogP) is 2.04. The van der Waals surface area contributed by atoms with Gasteiger partial charge in [0.2, 0.25) is 0 Å². The fourth-order valence-electron chi connectivity index (χ4n) is 2.66. The van der Waals surface area contributed by atoms with E-state index in [-0.39, 0.29) is 5.41 Å². The number of rotatable bonds is 4. The first-order valence-electron chi connectivity index (χ1n) is 6.76. The lowest BCUT2D eigenvalue weighted by Gasteiger charge is -2.40. The molecule has 1 aliphatic rings. The average molecular weight is 249 g/mol. The first kappa shape index (κ1) is 13.5. The van der Waals surface area contributed by atoms with Crippen molar-refractivity contribution in [3.05, 3.63) is 35.4 Å².